The largest absolute Gasteiger partial charge is 0.342 e. The highest BCUT2D eigenvalue weighted by Gasteiger charge is 2.35. The van der Waals surface area contributed by atoms with E-state index in [0.29, 0.717) is 18.4 Å². The van der Waals surface area contributed by atoms with E-state index in [0.717, 1.165) is 12.8 Å². The highest BCUT2D eigenvalue weighted by Crippen LogP contribution is 2.33. The maximum Gasteiger partial charge on any atom is 0.223 e. The lowest BCUT2D eigenvalue weighted by Gasteiger charge is -2.23. The summed E-state index contributed by atoms with van der Waals surface area (Å²) in [4.78, 5) is 13.4. The molecule has 0 aromatic carbocycles. The maximum absolute atomic E-state index is 11.5. The summed E-state index contributed by atoms with van der Waals surface area (Å²) >= 11 is 0. The fourth-order valence-corrected chi connectivity index (χ4v) is 2.37. The van der Waals surface area contributed by atoms with E-state index in [1.165, 1.54) is 5.57 Å². The summed E-state index contributed by atoms with van der Waals surface area (Å²) in [5, 5.41) is 0. The second kappa shape index (κ2) is 3.60. The van der Waals surface area contributed by atoms with Gasteiger partial charge in [0.15, 0.2) is 0 Å². The zero-order valence-electron chi connectivity index (χ0n) is 8.86. The molecular formula is C12H17NO. The van der Waals surface area contributed by atoms with Crippen LogP contribution < -0.4 is 0 Å². The summed E-state index contributed by atoms with van der Waals surface area (Å²) in [5.74, 6) is 0.746. The van der Waals surface area contributed by atoms with Crippen LogP contribution >= 0.6 is 0 Å². The number of hydrogen-bond acceptors (Lipinski definition) is 1. The lowest BCUT2D eigenvalue weighted by atomic mass is 9.87. The minimum atomic E-state index is 0.290. The van der Waals surface area contributed by atoms with Crippen molar-refractivity contribution in [2.75, 3.05) is 7.05 Å². The van der Waals surface area contributed by atoms with Gasteiger partial charge in [0.2, 0.25) is 5.91 Å². The van der Waals surface area contributed by atoms with Crippen molar-refractivity contribution in [1.82, 2.24) is 4.90 Å². The Bertz CT molecular complexity index is 303. The summed E-state index contributed by atoms with van der Waals surface area (Å²) in [7, 11) is 1.91. The predicted octanol–water partition coefficient (Wildman–Crippen LogP) is 2.13. The number of nitrogens with zero attached hydrogens (tertiary/aromatic N) is 1. The van der Waals surface area contributed by atoms with Crippen LogP contribution in [0.25, 0.3) is 0 Å². The van der Waals surface area contributed by atoms with Crippen molar-refractivity contribution < 1.29 is 4.79 Å². The molecule has 1 saturated heterocycles. The summed E-state index contributed by atoms with van der Waals surface area (Å²) in [6.45, 7) is 2.15. The van der Waals surface area contributed by atoms with Gasteiger partial charge in [-0.1, -0.05) is 23.8 Å². The van der Waals surface area contributed by atoms with Gasteiger partial charge in [0.05, 0.1) is 0 Å². The van der Waals surface area contributed by atoms with Gasteiger partial charge in [0.1, 0.15) is 0 Å². The van der Waals surface area contributed by atoms with E-state index in [1.807, 2.05) is 11.9 Å². The minimum Gasteiger partial charge on any atom is -0.342 e. The second-order valence-corrected chi connectivity index (χ2v) is 4.26. The summed E-state index contributed by atoms with van der Waals surface area (Å²) in [6.07, 6.45) is 9.47. The van der Waals surface area contributed by atoms with E-state index in [4.69, 9.17) is 0 Å². The number of carbonyl (C=O) groups excluding carboxylic acids is 1. The first kappa shape index (κ1) is 9.50. The Kier molecular flexibility index (Phi) is 2.44. The fourth-order valence-electron chi connectivity index (χ4n) is 2.37. The van der Waals surface area contributed by atoms with Crippen LogP contribution in [0.4, 0.5) is 0 Å². The number of allylic oxidation sites excluding steroid dienone is 3. The third-order valence-electron chi connectivity index (χ3n) is 3.50. The maximum atomic E-state index is 11.5. The molecule has 2 nitrogen and oxygen atoms in total. The zero-order chi connectivity index (χ0) is 10.1. The number of rotatable bonds is 1. The third kappa shape index (κ3) is 1.49. The molecule has 0 bridgehead atoms. The van der Waals surface area contributed by atoms with Crippen molar-refractivity contribution in [2.24, 2.45) is 5.92 Å². The average molecular weight is 191 g/mol. The first-order valence-corrected chi connectivity index (χ1v) is 5.31. The fraction of sp³-hybridized carbons (Fsp3) is 0.583. The van der Waals surface area contributed by atoms with Crippen LogP contribution in [0.1, 0.15) is 26.2 Å². The molecule has 2 heteroatoms. The molecule has 1 amide bonds. The summed E-state index contributed by atoms with van der Waals surface area (Å²) in [5.41, 5.74) is 1.46. The first-order chi connectivity index (χ1) is 6.70. The van der Waals surface area contributed by atoms with Crippen LogP contribution in [0.3, 0.4) is 0 Å². The smallest absolute Gasteiger partial charge is 0.223 e. The lowest BCUT2D eigenvalue weighted by Crippen LogP contribution is -2.29. The van der Waals surface area contributed by atoms with Gasteiger partial charge in [0.25, 0.3) is 0 Å². The molecule has 0 N–H and O–H groups in total. The molecule has 0 spiro atoms. The molecule has 0 unspecified atom stereocenters. The highest BCUT2D eigenvalue weighted by molar-refractivity contribution is 5.79. The first-order valence-electron chi connectivity index (χ1n) is 5.31. The number of carbonyl (C=O) groups is 1. The van der Waals surface area contributed by atoms with Crippen LogP contribution in [0, 0.1) is 5.92 Å². The third-order valence-corrected chi connectivity index (χ3v) is 3.50. The van der Waals surface area contributed by atoms with Crippen molar-refractivity contribution in [3.8, 4) is 0 Å². The van der Waals surface area contributed by atoms with E-state index in [2.05, 4.69) is 25.2 Å². The normalized spacial score (nSPS) is 32.3. The molecule has 1 fully saturated rings. The van der Waals surface area contributed by atoms with E-state index in [-0.39, 0.29) is 5.91 Å². The Morgan fingerprint density at radius 1 is 1.50 bits per heavy atom. The van der Waals surface area contributed by atoms with E-state index < -0.39 is 0 Å². The molecule has 14 heavy (non-hydrogen) atoms. The molecule has 1 aliphatic heterocycles. The van der Waals surface area contributed by atoms with Gasteiger partial charge in [-0.15, -0.1) is 0 Å². The second-order valence-electron chi connectivity index (χ2n) is 4.26. The summed E-state index contributed by atoms with van der Waals surface area (Å²) in [6, 6.07) is 0.375. The average Bonchev–Trinajstić information content (AvgIpc) is 2.47. The molecular weight excluding hydrogens is 174 g/mol. The predicted molar refractivity (Wildman–Crippen MR) is 56.8 cm³/mol. The molecule has 2 rings (SSSR count). The number of amides is 1. The van der Waals surface area contributed by atoms with E-state index >= 15 is 0 Å². The zero-order valence-corrected chi connectivity index (χ0v) is 8.86. The summed E-state index contributed by atoms with van der Waals surface area (Å²) < 4.78 is 0. The van der Waals surface area contributed by atoms with Crippen LogP contribution in [-0.4, -0.2) is 23.9 Å². The molecule has 0 aromatic rings. The molecule has 0 saturated carbocycles. The Hall–Kier alpha value is -1.05. The minimum absolute atomic E-state index is 0.290. The van der Waals surface area contributed by atoms with Gasteiger partial charge in [-0.3, -0.25) is 4.79 Å². The van der Waals surface area contributed by atoms with Crippen LogP contribution in [-0.2, 0) is 4.79 Å². The van der Waals surface area contributed by atoms with Gasteiger partial charge in [0, 0.05) is 25.4 Å². The quantitative estimate of drug-likeness (QED) is 0.621. The van der Waals surface area contributed by atoms with E-state index in [1.54, 1.807) is 0 Å². The van der Waals surface area contributed by atoms with Crippen molar-refractivity contribution in [3.63, 3.8) is 0 Å². The van der Waals surface area contributed by atoms with Gasteiger partial charge >= 0.3 is 0 Å². The SMILES string of the molecule is C[C@@H]1[C@@H](C2=CC=CCC2)CC(=O)N1C. The topological polar surface area (TPSA) is 20.3 Å². The Morgan fingerprint density at radius 2 is 2.29 bits per heavy atom. The van der Waals surface area contributed by atoms with Gasteiger partial charge in [-0.05, 0) is 19.8 Å². The monoisotopic (exact) mass is 191 g/mol. The molecule has 0 aromatic heterocycles. The van der Waals surface area contributed by atoms with Crippen LogP contribution in [0.15, 0.2) is 23.8 Å². The number of hydrogen-bond donors (Lipinski definition) is 0. The number of likely N-dealkylation sites (tertiary alicyclic amines) is 1. The van der Waals surface area contributed by atoms with Gasteiger partial charge < -0.3 is 4.90 Å². The Morgan fingerprint density at radius 3 is 2.79 bits per heavy atom. The van der Waals surface area contributed by atoms with E-state index in [9.17, 15) is 4.79 Å². The van der Waals surface area contributed by atoms with Crippen LogP contribution in [0.5, 0.6) is 0 Å². The van der Waals surface area contributed by atoms with Crippen molar-refractivity contribution in [1.29, 1.82) is 0 Å². The lowest BCUT2D eigenvalue weighted by molar-refractivity contribution is -0.127. The van der Waals surface area contributed by atoms with Crippen molar-refractivity contribution in [3.05, 3.63) is 23.8 Å². The van der Waals surface area contributed by atoms with Crippen molar-refractivity contribution in [2.45, 2.75) is 32.2 Å². The standard InChI is InChI=1S/C12H17NO/c1-9-11(8-12(14)13(9)2)10-6-4-3-5-7-10/h3-4,6,9,11H,5,7-8H2,1-2H3/t9-,11+/m1/s1. The molecule has 76 valence electrons. The molecule has 2 aliphatic rings. The Balaban J connectivity index is 2.16. The highest BCUT2D eigenvalue weighted by atomic mass is 16.2. The molecule has 0 radical (unpaired) electrons. The molecule has 1 aliphatic carbocycles. The van der Waals surface area contributed by atoms with Crippen LogP contribution in [0.2, 0.25) is 0 Å². The molecule has 2 atom stereocenters. The van der Waals surface area contributed by atoms with Crippen molar-refractivity contribution >= 4 is 5.91 Å². The van der Waals surface area contributed by atoms with Gasteiger partial charge in [-0.2, -0.15) is 0 Å². The van der Waals surface area contributed by atoms with Gasteiger partial charge in [-0.25, -0.2) is 0 Å². The molecule has 1 heterocycles. The Labute approximate surface area is 85.3 Å².